The van der Waals surface area contributed by atoms with Crippen LogP contribution in [0.25, 0.3) is 10.9 Å². The highest BCUT2D eigenvalue weighted by Crippen LogP contribution is 2.20. The van der Waals surface area contributed by atoms with Crippen molar-refractivity contribution in [2.45, 2.75) is 178 Å². The van der Waals surface area contributed by atoms with Crippen molar-refractivity contribution in [1.82, 2.24) is 63.5 Å². The minimum atomic E-state index is -1.73. The predicted molar refractivity (Wildman–Crippen MR) is 413 cm³/mol. The number of nitrogens with two attached hydrogens (primary N) is 2. The number of primary amides is 1. The summed E-state index contributed by atoms with van der Waals surface area (Å²) in [7, 11) is 0. The quantitative estimate of drug-likeness (QED) is 0.0191. The number of aliphatic carboxylic acids is 3. The first-order chi connectivity index (χ1) is 52.5. The van der Waals surface area contributed by atoms with Crippen molar-refractivity contribution in [1.29, 1.82) is 0 Å². The lowest BCUT2D eigenvalue weighted by Gasteiger charge is -2.28. The van der Waals surface area contributed by atoms with Gasteiger partial charge in [0.25, 0.3) is 0 Å². The Labute approximate surface area is 647 Å². The van der Waals surface area contributed by atoms with Gasteiger partial charge in [0.2, 0.25) is 70.9 Å². The number of hydrogen-bond acceptors (Lipinski definition) is 18. The summed E-state index contributed by atoms with van der Waals surface area (Å²) < 4.78 is 0. The van der Waals surface area contributed by atoms with Gasteiger partial charge >= 0.3 is 17.9 Å². The van der Waals surface area contributed by atoms with Gasteiger partial charge in [0.1, 0.15) is 60.4 Å². The number of carboxylic acid groups (broad SMARTS) is 3. The average Bonchev–Trinajstić information content (AvgIpc) is 1.68. The van der Waals surface area contributed by atoms with E-state index in [0.29, 0.717) is 34.4 Å². The fraction of sp³-hybridized carbons (Fsp3) is 0.461. The molecule has 11 atom stereocenters. The van der Waals surface area contributed by atoms with Crippen molar-refractivity contribution in [2.75, 3.05) is 30.9 Å². The Balaban J connectivity index is 1.36. The number of para-hydroxylation sites is 1. The number of aromatic nitrogens is 1. The average molecular weight is 1560 g/mol. The molecule has 1 heterocycles. The van der Waals surface area contributed by atoms with Crippen molar-refractivity contribution < 1.29 is 87.2 Å². The molecule has 0 aliphatic rings. The summed E-state index contributed by atoms with van der Waals surface area (Å²) in [6.07, 6.45) is 0.840. The van der Waals surface area contributed by atoms with Gasteiger partial charge in [-0.25, -0.2) is 4.79 Å². The highest BCUT2D eigenvalue weighted by atomic mass is 32.2. The van der Waals surface area contributed by atoms with Crippen LogP contribution in [-0.4, -0.2) is 200 Å². The molecule has 5 rings (SSSR count). The van der Waals surface area contributed by atoms with Crippen LogP contribution in [0.2, 0.25) is 0 Å². The molecule has 5 aromatic rings. The summed E-state index contributed by atoms with van der Waals surface area (Å²) in [4.78, 5) is 208. The second-order valence-electron chi connectivity index (χ2n) is 27.0. The normalized spacial score (nSPS) is 14.1. The molecule has 596 valence electrons. The van der Waals surface area contributed by atoms with E-state index in [0.717, 1.165) is 10.9 Å². The Morgan fingerprint density at radius 3 is 1.28 bits per heavy atom. The summed E-state index contributed by atoms with van der Waals surface area (Å²) in [6, 6.07) is 17.9. The van der Waals surface area contributed by atoms with Crippen LogP contribution in [0.5, 0.6) is 0 Å². The lowest BCUT2D eigenvalue weighted by molar-refractivity contribution is -0.141. The van der Waals surface area contributed by atoms with E-state index in [9.17, 15) is 87.2 Å². The van der Waals surface area contributed by atoms with E-state index in [2.05, 4.69) is 76.1 Å². The molecule has 0 saturated carbocycles. The molecular weight excluding hydrogens is 1460 g/mol. The first-order valence-corrected chi connectivity index (χ1v) is 38.2. The molecule has 0 aliphatic heterocycles. The van der Waals surface area contributed by atoms with Crippen molar-refractivity contribution in [3.05, 3.63) is 144 Å². The maximum Gasteiger partial charge on any atom is 0.326 e. The van der Waals surface area contributed by atoms with Crippen LogP contribution in [0.4, 0.5) is 0 Å². The van der Waals surface area contributed by atoms with E-state index in [1.807, 2.05) is 6.26 Å². The number of thioether (sulfide) groups is 1. The summed E-state index contributed by atoms with van der Waals surface area (Å²) in [5.74, 6) is -15.7. The molecule has 34 heteroatoms. The van der Waals surface area contributed by atoms with E-state index in [-0.39, 0.29) is 82.4 Å². The number of amides is 12. The Hall–Kier alpha value is -10.9. The van der Waals surface area contributed by atoms with Crippen LogP contribution >= 0.6 is 24.4 Å². The van der Waals surface area contributed by atoms with E-state index in [1.54, 1.807) is 142 Å². The number of carboxylic acids is 3. The number of rotatable bonds is 50. The molecule has 0 unspecified atom stereocenters. The van der Waals surface area contributed by atoms with Crippen LogP contribution in [0.1, 0.15) is 114 Å². The van der Waals surface area contributed by atoms with Crippen LogP contribution in [0.15, 0.2) is 121 Å². The molecule has 32 nitrogen and oxygen atoms in total. The van der Waals surface area contributed by atoms with Gasteiger partial charge in [-0.3, -0.25) is 67.1 Å². The lowest BCUT2D eigenvalue weighted by atomic mass is 10.0. The maximum absolute atomic E-state index is 14.8. The van der Waals surface area contributed by atoms with Gasteiger partial charge in [0, 0.05) is 73.7 Å². The van der Waals surface area contributed by atoms with Crippen LogP contribution in [0.3, 0.4) is 0 Å². The number of thiol groups is 1. The number of hydrogen-bond donors (Lipinski definition) is 18. The van der Waals surface area contributed by atoms with Crippen LogP contribution < -0.4 is 70.0 Å². The lowest BCUT2D eigenvalue weighted by Crippen LogP contribution is -2.61. The minimum Gasteiger partial charge on any atom is -0.481 e. The number of unbranched alkanes of at least 4 members (excludes halogenated alkanes) is 1. The molecule has 0 fully saturated rings. The standard InChI is InChI=1S/C76H102N14O18S2/c1-44(2)36-56(71(102)84-53(28-31-64(93)94)67(98)80-42-63(92)81-60(76(107)108)40-49-41-79-51-25-15-14-24-50(49)51)86-69(100)54(29-32-65(95)96)85-68(99)52(26-16-17-34-77)83-72(103)57(37-46-18-8-5-9-19-46)89-75(106)61(43-109)90-74(105)59(39-48-22-12-7-13-23-48)88-73(104)58(38-47-20-10-6-11-21-47)87-70(101)55(33-35-110-4)82-66(97)45(3)27-30-62(78)91/h5-15,18-25,41,44-45,52-61,79,109H,16-17,26-40,42-43,77H2,1-4H3,(H2,78,91)(H,80,98)(H,81,92)(H,82,97)(H,83,103)(H,84,102)(H,85,99)(H,86,100)(H,87,101)(H,88,104)(H,89,106)(H,90,105)(H,93,94)(H,95,96)(H,107,108)/t45-,52-,53-,54-,55-,56-,57-,58-,59-,60-,61-/m0/s1. The number of H-pyrrole nitrogens is 1. The Kier molecular flexibility index (Phi) is 38.5. The minimum absolute atomic E-state index is 0.0646. The smallest absolute Gasteiger partial charge is 0.326 e. The predicted octanol–water partition coefficient (Wildman–Crippen LogP) is 0.976. The molecule has 1 aromatic heterocycles. The van der Waals surface area contributed by atoms with Gasteiger partial charge in [-0.05, 0) is 104 Å². The fourth-order valence-electron chi connectivity index (χ4n) is 11.7. The number of aromatic amines is 1. The SMILES string of the molecule is CSCC[C@H](NC(=O)[C@@H](C)CCC(N)=O)C(=O)N[C@@H](Cc1ccccc1)C(=O)N[C@@H](Cc1ccccc1)C(=O)N[C@@H](CS)C(=O)N[C@@H](Cc1ccccc1)C(=O)N[C@@H](CCCCN)C(=O)N[C@@H](CCC(=O)O)C(=O)N[C@@H](CC(C)C)C(=O)N[C@@H](CCC(=O)O)C(=O)NCC(=O)N[C@@H](Cc1c[nH]c2ccccc12)C(=O)O. The third-order valence-electron chi connectivity index (χ3n) is 17.7. The number of benzene rings is 4. The van der Waals surface area contributed by atoms with Gasteiger partial charge in [0.05, 0.1) is 6.54 Å². The third-order valence-corrected chi connectivity index (χ3v) is 18.7. The number of fused-ring (bicyclic) bond motifs is 1. The summed E-state index contributed by atoms with van der Waals surface area (Å²) in [6.45, 7) is 4.29. The Bertz CT molecular complexity index is 3930. The molecule has 12 amide bonds. The Morgan fingerprint density at radius 1 is 0.436 bits per heavy atom. The van der Waals surface area contributed by atoms with Crippen molar-refractivity contribution >= 4 is 124 Å². The molecular formula is C76H102N14O18S2. The van der Waals surface area contributed by atoms with E-state index in [1.165, 1.54) is 11.8 Å². The van der Waals surface area contributed by atoms with E-state index < -0.39 is 187 Å². The van der Waals surface area contributed by atoms with Gasteiger partial charge in [-0.15, -0.1) is 0 Å². The first kappa shape index (κ1) is 89.8. The zero-order valence-corrected chi connectivity index (χ0v) is 63.6. The van der Waals surface area contributed by atoms with Crippen molar-refractivity contribution in [3.8, 4) is 0 Å². The van der Waals surface area contributed by atoms with Crippen LogP contribution in [0, 0.1) is 11.8 Å². The summed E-state index contributed by atoms with van der Waals surface area (Å²) in [5.41, 5.74) is 14.2. The van der Waals surface area contributed by atoms with E-state index in [4.69, 9.17) is 11.5 Å². The largest absolute Gasteiger partial charge is 0.481 e. The zero-order chi connectivity index (χ0) is 80.8. The highest BCUT2D eigenvalue weighted by Gasteiger charge is 2.37. The first-order valence-electron chi connectivity index (χ1n) is 36.2. The molecule has 0 radical (unpaired) electrons. The van der Waals surface area contributed by atoms with Gasteiger partial charge in [-0.2, -0.15) is 24.4 Å². The topological polar surface area (TPSA) is 517 Å². The molecule has 19 N–H and O–H groups in total. The summed E-state index contributed by atoms with van der Waals surface area (Å²) >= 11 is 5.84. The highest BCUT2D eigenvalue weighted by molar-refractivity contribution is 7.98. The van der Waals surface area contributed by atoms with Gasteiger partial charge in [0.15, 0.2) is 0 Å². The van der Waals surface area contributed by atoms with Crippen molar-refractivity contribution in [2.24, 2.45) is 23.3 Å². The fourth-order valence-corrected chi connectivity index (χ4v) is 12.4. The number of carbonyl (C=O) groups excluding carboxylic acids is 12. The maximum atomic E-state index is 14.8. The molecule has 4 aromatic carbocycles. The molecule has 0 spiro atoms. The third kappa shape index (κ3) is 31.8. The van der Waals surface area contributed by atoms with Gasteiger partial charge < -0.3 is 90.3 Å². The summed E-state index contributed by atoms with van der Waals surface area (Å²) in [5, 5.41) is 58.6. The second kappa shape index (κ2) is 47.1. The van der Waals surface area contributed by atoms with Crippen molar-refractivity contribution in [3.63, 3.8) is 0 Å². The van der Waals surface area contributed by atoms with E-state index >= 15 is 0 Å². The molecule has 0 bridgehead atoms. The molecule has 0 aliphatic carbocycles. The van der Waals surface area contributed by atoms with Gasteiger partial charge in [-0.1, -0.05) is 130 Å². The molecule has 0 saturated heterocycles. The molecule has 110 heavy (non-hydrogen) atoms. The second-order valence-corrected chi connectivity index (χ2v) is 28.4. The monoisotopic (exact) mass is 1560 g/mol. The number of nitrogens with one attached hydrogen (secondary N) is 12. The zero-order valence-electron chi connectivity index (χ0n) is 61.9. The van der Waals surface area contributed by atoms with Crippen LogP contribution in [-0.2, 0) is 97.6 Å². The number of carbonyl (C=O) groups is 15. The Morgan fingerprint density at radius 2 is 0.836 bits per heavy atom.